The molecule has 1 fully saturated rings. The monoisotopic (exact) mass is 367 g/mol. The molecule has 3 nitrogen and oxygen atoms in total. The highest BCUT2D eigenvalue weighted by atomic mass is 16.5. The molecular weight excluding hydrogens is 334 g/mol. The Labute approximate surface area is 164 Å². The molecule has 3 heteroatoms. The number of rotatable bonds is 9. The first-order valence-corrected chi connectivity index (χ1v) is 10.5. The maximum Gasteiger partial charge on any atom is 0.119 e. The highest BCUT2D eigenvalue weighted by Gasteiger charge is 2.27. The highest BCUT2D eigenvalue weighted by molar-refractivity contribution is 5.30. The molecule has 0 aromatic heterocycles. The number of phenolic OH excluding ortho intramolecular Hbond substituents is 1. The van der Waals surface area contributed by atoms with Gasteiger partial charge in [0.2, 0.25) is 0 Å². The second-order valence-electron chi connectivity index (χ2n) is 7.68. The molecule has 1 unspecified atom stereocenters. The van der Waals surface area contributed by atoms with Crippen LogP contribution >= 0.6 is 0 Å². The number of benzene rings is 2. The van der Waals surface area contributed by atoms with Gasteiger partial charge in [-0.25, -0.2) is 0 Å². The largest absolute Gasteiger partial charge is 0.508 e. The van der Waals surface area contributed by atoms with Crippen LogP contribution in [0.25, 0.3) is 0 Å². The van der Waals surface area contributed by atoms with Crippen molar-refractivity contribution in [2.45, 2.75) is 44.9 Å². The molecule has 1 aliphatic rings. The highest BCUT2D eigenvalue weighted by Crippen LogP contribution is 2.36. The predicted molar refractivity (Wildman–Crippen MR) is 111 cm³/mol. The number of nitrogens with zero attached hydrogens (tertiary/aromatic N) is 1. The lowest BCUT2D eigenvalue weighted by atomic mass is 9.77. The summed E-state index contributed by atoms with van der Waals surface area (Å²) in [5.41, 5.74) is 1.53. The van der Waals surface area contributed by atoms with Crippen molar-refractivity contribution in [1.82, 2.24) is 4.90 Å². The molecule has 1 heterocycles. The SMILES string of the molecule is CCCCC(c1ccccc1)C1CCN(CCOc2ccc(O)cc2)CC1. The number of hydrogen-bond acceptors (Lipinski definition) is 3. The molecule has 2 aromatic rings. The first-order valence-electron chi connectivity index (χ1n) is 10.5. The van der Waals surface area contributed by atoms with E-state index in [9.17, 15) is 5.11 Å². The van der Waals surface area contributed by atoms with E-state index in [1.54, 1.807) is 12.1 Å². The first kappa shape index (κ1) is 19.8. The van der Waals surface area contributed by atoms with Crippen LogP contribution in [-0.2, 0) is 0 Å². The Morgan fingerprint density at radius 2 is 1.74 bits per heavy atom. The van der Waals surface area contributed by atoms with Gasteiger partial charge >= 0.3 is 0 Å². The molecule has 2 aromatic carbocycles. The molecule has 146 valence electrons. The van der Waals surface area contributed by atoms with Gasteiger partial charge in [-0.15, -0.1) is 0 Å². The molecule has 0 spiro atoms. The molecule has 0 bridgehead atoms. The summed E-state index contributed by atoms with van der Waals surface area (Å²) in [4.78, 5) is 2.53. The number of likely N-dealkylation sites (tertiary alicyclic amines) is 1. The van der Waals surface area contributed by atoms with Crippen LogP contribution in [0, 0.1) is 5.92 Å². The third-order valence-corrected chi connectivity index (χ3v) is 5.81. The van der Waals surface area contributed by atoms with Gasteiger partial charge in [0.15, 0.2) is 0 Å². The summed E-state index contributed by atoms with van der Waals surface area (Å²) in [6, 6.07) is 18.1. The van der Waals surface area contributed by atoms with E-state index < -0.39 is 0 Å². The van der Waals surface area contributed by atoms with Crippen molar-refractivity contribution < 1.29 is 9.84 Å². The van der Waals surface area contributed by atoms with Gasteiger partial charge in [0, 0.05) is 6.54 Å². The van der Waals surface area contributed by atoms with Crippen LogP contribution in [0.1, 0.15) is 50.5 Å². The molecule has 27 heavy (non-hydrogen) atoms. The van der Waals surface area contributed by atoms with Crippen molar-refractivity contribution in [3.63, 3.8) is 0 Å². The van der Waals surface area contributed by atoms with Crippen LogP contribution in [0.2, 0.25) is 0 Å². The van der Waals surface area contributed by atoms with Crippen LogP contribution in [0.4, 0.5) is 0 Å². The lowest BCUT2D eigenvalue weighted by molar-refractivity contribution is 0.141. The molecule has 1 atom stereocenters. The zero-order chi connectivity index (χ0) is 18.9. The number of phenols is 1. The molecular formula is C24H33NO2. The van der Waals surface area contributed by atoms with E-state index in [0.29, 0.717) is 12.5 Å². The van der Waals surface area contributed by atoms with Crippen LogP contribution in [0.15, 0.2) is 54.6 Å². The van der Waals surface area contributed by atoms with Crippen molar-refractivity contribution in [3.05, 3.63) is 60.2 Å². The van der Waals surface area contributed by atoms with Gasteiger partial charge in [0.25, 0.3) is 0 Å². The zero-order valence-electron chi connectivity index (χ0n) is 16.5. The average Bonchev–Trinajstić information content (AvgIpc) is 2.72. The molecule has 0 aliphatic carbocycles. The molecule has 0 saturated carbocycles. The molecule has 3 rings (SSSR count). The van der Waals surface area contributed by atoms with Gasteiger partial charge in [-0.2, -0.15) is 0 Å². The Hall–Kier alpha value is -2.00. The van der Waals surface area contributed by atoms with E-state index in [1.165, 1.54) is 50.8 Å². The van der Waals surface area contributed by atoms with Crippen LogP contribution in [-0.4, -0.2) is 36.2 Å². The second kappa shape index (κ2) is 10.4. The standard InChI is InChI=1S/C24H33NO2/c1-2-3-9-24(20-7-5-4-6-8-20)21-14-16-25(17-15-21)18-19-27-23-12-10-22(26)11-13-23/h4-8,10-13,21,24,26H,2-3,9,14-19H2,1H3. The van der Waals surface area contributed by atoms with Crippen molar-refractivity contribution in [2.24, 2.45) is 5.92 Å². The summed E-state index contributed by atoms with van der Waals surface area (Å²) < 4.78 is 5.81. The summed E-state index contributed by atoms with van der Waals surface area (Å²) in [5.74, 6) is 2.61. The lowest BCUT2D eigenvalue weighted by Gasteiger charge is -2.36. The average molecular weight is 368 g/mol. The van der Waals surface area contributed by atoms with Gasteiger partial charge in [0.05, 0.1) is 0 Å². The molecule has 1 N–H and O–H groups in total. The third-order valence-electron chi connectivity index (χ3n) is 5.81. The van der Waals surface area contributed by atoms with Crippen molar-refractivity contribution >= 4 is 0 Å². The van der Waals surface area contributed by atoms with E-state index in [0.717, 1.165) is 18.2 Å². The minimum Gasteiger partial charge on any atom is -0.508 e. The fourth-order valence-corrected chi connectivity index (χ4v) is 4.21. The van der Waals surface area contributed by atoms with E-state index in [2.05, 4.69) is 42.2 Å². The number of aromatic hydroxyl groups is 1. The van der Waals surface area contributed by atoms with Crippen LogP contribution in [0.3, 0.4) is 0 Å². The summed E-state index contributed by atoms with van der Waals surface area (Å²) in [7, 11) is 0. The Kier molecular flexibility index (Phi) is 7.58. The summed E-state index contributed by atoms with van der Waals surface area (Å²) in [5, 5.41) is 9.33. The Morgan fingerprint density at radius 3 is 2.41 bits per heavy atom. The summed E-state index contributed by atoms with van der Waals surface area (Å²) in [6.07, 6.45) is 6.47. The zero-order valence-corrected chi connectivity index (χ0v) is 16.5. The molecule has 1 aliphatic heterocycles. The van der Waals surface area contributed by atoms with Gasteiger partial charge in [-0.1, -0.05) is 50.1 Å². The fourth-order valence-electron chi connectivity index (χ4n) is 4.21. The van der Waals surface area contributed by atoms with Crippen molar-refractivity contribution in [1.29, 1.82) is 0 Å². The lowest BCUT2D eigenvalue weighted by Crippen LogP contribution is -2.38. The number of piperidine rings is 1. The molecule has 0 amide bonds. The van der Waals surface area contributed by atoms with Gasteiger partial charge in [0.1, 0.15) is 18.1 Å². The summed E-state index contributed by atoms with van der Waals surface area (Å²) in [6.45, 7) is 6.29. The Bertz CT molecular complexity index is 648. The predicted octanol–water partition coefficient (Wildman–Crippen LogP) is 5.46. The summed E-state index contributed by atoms with van der Waals surface area (Å²) >= 11 is 0. The van der Waals surface area contributed by atoms with E-state index in [-0.39, 0.29) is 5.75 Å². The molecule has 1 saturated heterocycles. The fraction of sp³-hybridized carbons (Fsp3) is 0.500. The Morgan fingerprint density at radius 1 is 1.04 bits per heavy atom. The number of hydrogen-bond donors (Lipinski definition) is 1. The number of unbranched alkanes of at least 4 members (excludes halogenated alkanes) is 1. The van der Waals surface area contributed by atoms with Gasteiger partial charge < -0.3 is 9.84 Å². The quantitative estimate of drug-likeness (QED) is 0.639. The maximum atomic E-state index is 9.33. The van der Waals surface area contributed by atoms with Crippen LogP contribution in [0.5, 0.6) is 11.5 Å². The third kappa shape index (κ3) is 6.00. The topological polar surface area (TPSA) is 32.7 Å². The van der Waals surface area contributed by atoms with E-state index in [4.69, 9.17) is 4.74 Å². The normalized spacial score (nSPS) is 16.9. The second-order valence-corrected chi connectivity index (χ2v) is 7.68. The van der Waals surface area contributed by atoms with Crippen LogP contribution < -0.4 is 4.74 Å². The minimum absolute atomic E-state index is 0.278. The Balaban J connectivity index is 1.45. The smallest absolute Gasteiger partial charge is 0.119 e. The first-order chi connectivity index (χ1) is 13.3. The van der Waals surface area contributed by atoms with E-state index >= 15 is 0 Å². The van der Waals surface area contributed by atoms with E-state index in [1.807, 2.05) is 12.1 Å². The van der Waals surface area contributed by atoms with Crippen molar-refractivity contribution in [2.75, 3.05) is 26.2 Å². The minimum atomic E-state index is 0.278. The maximum absolute atomic E-state index is 9.33. The molecule has 0 radical (unpaired) electrons. The van der Waals surface area contributed by atoms with Gasteiger partial charge in [-0.3, -0.25) is 4.90 Å². The van der Waals surface area contributed by atoms with Gasteiger partial charge in [-0.05, 0) is 74.0 Å². The van der Waals surface area contributed by atoms with Crippen molar-refractivity contribution in [3.8, 4) is 11.5 Å². The number of ether oxygens (including phenoxy) is 1.